The summed E-state index contributed by atoms with van der Waals surface area (Å²) in [6.07, 6.45) is 12.2. The van der Waals surface area contributed by atoms with Crippen LogP contribution in [0.2, 0.25) is 0 Å². The zero-order valence-electron chi connectivity index (χ0n) is 9.19. The topological polar surface area (TPSA) is 12.9 Å². The first kappa shape index (κ1) is 11.0. The van der Waals surface area contributed by atoms with Gasteiger partial charge in [0.1, 0.15) is 0 Å². The van der Waals surface area contributed by atoms with Gasteiger partial charge in [-0.05, 0) is 42.7 Å². The number of hydrogen-bond donors (Lipinski definition) is 0. The highest BCUT2D eigenvalue weighted by atomic mass is 32.2. The molecule has 1 aliphatic carbocycles. The van der Waals surface area contributed by atoms with Crippen molar-refractivity contribution in [1.29, 1.82) is 0 Å². The smallest absolute Gasteiger partial charge is 0.0270 e. The summed E-state index contributed by atoms with van der Waals surface area (Å²) in [6.45, 7) is 0. The van der Waals surface area contributed by atoms with Gasteiger partial charge in [0.05, 0.1) is 0 Å². The first-order valence-electron chi connectivity index (χ1n) is 5.95. The van der Waals surface area contributed by atoms with Crippen LogP contribution in [0.1, 0.15) is 37.7 Å². The minimum absolute atomic E-state index is 0.945. The van der Waals surface area contributed by atoms with Crippen LogP contribution in [0.3, 0.4) is 0 Å². The summed E-state index contributed by atoms with van der Waals surface area (Å²) in [5.74, 6) is 1.27. The van der Waals surface area contributed by atoms with E-state index in [-0.39, 0.29) is 0 Å². The molecule has 0 bridgehead atoms. The van der Waals surface area contributed by atoms with Crippen molar-refractivity contribution in [1.82, 2.24) is 4.98 Å². The van der Waals surface area contributed by atoms with Crippen LogP contribution in [-0.2, 0) is 6.42 Å². The Morgan fingerprint density at radius 2 is 1.87 bits per heavy atom. The van der Waals surface area contributed by atoms with E-state index in [1.165, 1.54) is 49.8 Å². The quantitative estimate of drug-likeness (QED) is 0.769. The average Bonchev–Trinajstić information content (AvgIpc) is 2.32. The molecule has 1 heterocycles. The van der Waals surface area contributed by atoms with Gasteiger partial charge in [-0.2, -0.15) is 11.8 Å². The van der Waals surface area contributed by atoms with E-state index in [1.807, 2.05) is 12.4 Å². The lowest BCUT2D eigenvalue weighted by molar-refractivity contribution is 0.516. The van der Waals surface area contributed by atoms with Crippen molar-refractivity contribution in [2.75, 3.05) is 5.75 Å². The van der Waals surface area contributed by atoms with E-state index in [1.54, 1.807) is 0 Å². The molecule has 1 aliphatic rings. The van der Waals surface area contributed by atoms with Crippen LogP contribution in [0.15, 0.2) is 24.5 Å². The second kappa shape index (κ2) is 6.16. The van der Waals surface area contributed by atoms with E-state index in [4.69, 9.17) is 0 Å². The van der Waals surface area contributed by atoms with E-state index < -0.39 is 0 Å². The van der Waals surface area contributed by atoms with Gasteiger partial charge in [0.15, 0.2) is 0 Å². The largest absolute Gasteiger partial charge is 0.265 e. The highest BCUT2D eigenvalue weighted by molar-refractivity contribution is 7.99. The second-order valence-corrected chi connectivity index (χ2v) is 5.64. The van der Waals surface area contributed by atoms with Crippen molar-refractivity contribution >= 4 is 11.8 Å². The standard InChI is InChI=1S/C13H19NS/c1-2-4-13(5-3-1)15-11-8-12-6-9-14-10-7-12/h6-7,9-10,13H,1-5,8,11H2. The van der Waals surface area contributed by atoms with Crippen LogP contribution in [0.25, 0.3) is 0 Å². The SMILES string of the molecule is c1cc(CCSC2CCCCC2)ccn1. The second-order valence-electron chi connectivity index (χ2n) is 4.24. The van der Waals surface area contributed by atoms with Gasteiger partial charge >= 0.3 is 0 Å². The molecule has 0 saturated heterocycles. The molecule has 2 rings (SSSR count). The highest BCUT2D eigenvalue weighted by Gasteiger charge is 2.12. The molecule has 1 aromatic rings. The molecule has 2 heteroatoms. The number of aryl methyl sites for hydroxylation is 1. The van der Waals surface area contributed by atoms with Gasteiger partial charge in [0.25, 0.3) is 0 Å². The summed E-state index contributed by atoms with van der Waals surface area (Å²) >= 11 is 2.17. The Kier molecular flexibility index (Phi) is 4.52. The summed E-state index contributed by atoms with van der Waals surface area (Å²) in [5.41, 5.74) is 1.42. The molecular weight excluding hydrogens is 202 g/mol. The number of thioether (sulfide) groups is 1. The maximum absolute atomic E-state index is 4.04. The van der Waals surface area contributed by atoms with Gasteiger partial charge in [0.2, 0.25) is 0 Å². The van der Waals surface area contributed by atoms with Crippen molar-refractivity contribution in [3.63, 3.8) is 0 Å². The van der Waals surface area contributed by atoms with Crippen molar-refractivity contribution in [2.45, 2.75) is 43.8 Å². The third-order valence-electron chi connectivity index (χ3n) is 3.05. The monoisotopic (exact) mass is 221 g/mol. The number of nitrogens with zero attached hydrogens (tertiary/aromatic N) is 1. The van der Waals surface area contributed by atoms with Gasteiger partial charge in [-0.15, -0.1) is 0 Å². The predicted octanol–water partition coefficient (Wildman–Crippen LogP) is 3.69. The van der Waals surface area contributed by atoms with Crippen LogP contribution in [-0.4, -0.2) is 16.0 Å². The first-order valence-corrected chi connectivity index (χ1v) is 7.00. The van der Waals surface area contributed by atoms with Crippen LogP contribution in [0, 0.1) is 0 Å². The van der Waals surface area contributed by atoms with E-state index >= 15 is 0 Å². The normalized spacial score (nSPS) is 17.9. The van der Waals surface area contributed by atoms with Crippen LogP contribution < -0.4 is 0 Å². The minimum Gasteiger partial charge on any atom is -0.265 e. The molecule has 0 atom stereocenters. The Balaban J connectivity index is 1.66. The van der Waals surface area contributed by atoms with Crippen molar-refractivity contribution in [2.24, 2.45) is 0 Å². The summed E-state index contributed by atoms with van der Waals surface area (Å²) in [7, 11) is 0. The first-order chi connectivity index (χ1) is 7.45. The molecule has 1 fully saturated rings. The van der Waals surface area contributed by atoms with Crippen LogP contribution >= 0.6 is 11.8 Å². The summed E-state index contributed by atoms with van der Waals surface area (Å²) in [6, 6.07) is 4.25. The predicted molar refractivity (Wildman–Crippen MR) is 67.3 cm³/mol. The van der Waals surface area contributed by atoms with Gasteiger partial charge in [-0.25, -0.2) is 0 Å². The lowest BCUT2D eigenvalue weighted by Crippen LogP contribution is -2.09. The third-order valence-corrected chi connectivity index (χ3v) is 4.43. The number of pyridine rings is 1. The Labute approximate surface area is 96.7 Å². The fourth-order valence-corrected chi connectivity index (χ4v) is 3.48. The molecule has 0 amide bonds. The van der Waals surface area contributed by atoms with Gasteiger partial charge in [0, 0.05) is 17.6 Å². The summed E-state index contributed by atoms with van der Waals surface area (Å²) in [5, 5.41) is 0.945. The van der Waals surface area contributed by atoms with Crippen molar-refractivity contribution < 1.29 is 0 Å². The number of rotatable bonds is 4. The Morgan fingerprint density at radius 3 is 2.60 bits per heavy atom. The zero-order chi connectivity index (χ0) is 10.3. The molecule has 1 aromatic heterocycles. The molecular formula is C13H19NS. The highest BCUT2D eigenvalue weighted by Crippen LogP contribution is 2.28. The minimum atomic E-state index is 0.945. The fraction of sp³-hybridized carbons (Fsp3) is 0.615. The molecule has 0 spiro atoms. The van der Waals surface area contributed by atoms with E-state index in [9.17, 15) is 0 Å². The lowest BCUT2D eigenvalue weighted by atomic mass is 10.0. The van der Waals surface area contributed by atoms with Crippen molar-refractivity contribution in [3.8, 4) is 0 Å². The third kappa shape index (κ3) is 3.86. The Morgan fingerprint density at radius 1 is 1.13 bits per heavy atom. The zero-order valence-corrected chi connectivity index (χ0v) is 10.0. The van der Waals surface area contributed by atoms with E-state index in [0.29, 0.717) is 0 Å². The van der Waals surface area contributed by atoms with Crippen LogP contribution in [0.5, 0.6) is 0 Å². The van der Waals surface area contributed by atoms with Gasteiger partial charge < -0.3 is 0 Å². The molecule has 82 valence electrons. The van der Waals surface area contributed by atoms with E-state index in [2.05, 4.69) is 28.9 Å². The number of aromatic nitrogens is 1. The molecule has 0 aromatic carbocycles. The molecule has 0 radical (unpaired) electrons. The molecule has 0 N–H and O–H groups in total. The lowest BCUT2D eigenvalue weighted by Gasteiger charge is -2.20. The average molecular weight is 221 g/mol. The fourth-order valence-electron chi connectivity index (χ4n) is 2.12. The molecule has 0 aliphatic heterocycles. The number of hydrogen-bond acceptors (Lipinski definition) is 2. The maximum atomic E-state index is 4.04. The van der Waals surface area contributed by atoms with E-state index in [0.717, 1.165) is 5.25 Å². The summed E-state index contributed by atoms with van der Waals surface area (Å²) in [4.78, 5) is 4.04. The molecule has 0 unspecified atom stereocenters. The Hall–Kier alpha value is -0.500. The molecule has 1 nitrogen and oxygen atoms in total. The van der Waals surface area contributed by atoms with Gasteiger partial charge in [-0.1, -0.05) is 19.3 Å². The van der Waals surface area contributed by atoms with Gasteiger partial charge in [-0.3, -0.25) is 4.98 Å². The van der Waals surface area contributed by atoms with Crippen LogP contribution in [0.4, 0.5) is 0 Å². The maximum Gasteiger partial charge on any atom is 0.0270 e. The molecule has 1 saturated carbocycles. The molecule has 15 heavy (non-hydrogen) atoms. The van der Waals surface area contributed by atoms with Crippen molar-refractivity contribution in [3.05, 3.63) is 30.1 Å². The Bertz CT molecular complexity index is 267. The summed E-state index contributed by atoms with van der Waals surface area (Å²) < 4.78 is 0.